The van der Waals surface area contributed by atoms with E-state index in [1.54, 1.807) is 0 Å². The number of hydrogen-bond acceptors (Lipinski definition) is 3. The summed E-state index contributed by atoms with van der Waals surface area (Å²) in [5.41, 5.74) is 1.20. The van der Waals surface area contributed by atoms with Gasteiger partial charge in [0.2, 0.25) is 0 Å². The second-order valence-corrected chi connectivity index (χ2v) is 6.50. The van der Waals surface area contributed by atoms with Crippen molar-refractivity contribution in [1.82, 2.24) is 4.90 Å². The molecule has 0 spiro atoms. The minimum absolute atomic E-state index is 0.278. The Hall–Kier alpha value is -1.22. The van der Waals surface area contributed by atoms with Gasteiger partial charge in [-0.2, -0.15) is 0 Å². The average Bonchev–Trinajstić information content (AvgIpc) is 2.91. The molecule has 0 aromatic heterocycles. The second-order valence-electron chi connectivity index (χ2n) is 6.50. The standard InChI is InChI=1S/C18H28N2O/c1-3-14(2)21-16-8-6-7-15(13-16)19-17-10-12-20-11-5-4-9-18(17)20/h6-8,13-14,17-19H,3-5,9-12H2,1-2H3. The van der Waals surface area contributed by atoms with E-state index in [0.29, 0.717) is 6.04 Å². The van der Waals surface area contributed by atoms with Gasteiger partial charge >= 0.3 is 0 Å². The summed E-state index contributed by atoms with van der Waals surface area (Å²) in [5, 5.41) is 3.75. The number of hydrogen-bond donors (Lipinski definition) is 1. The molecule has 2 aliphatic heterocycles. The molecule has 3 unspecified atom stereocenters. The Labute approximate surface area is 128 Å². The summed E-state index contributed by atoms with van der Waals surface area (Å²) in [6.07, 6.45) is 6.69. The topological polar surface area (TPSA) is 24.5 Å². The predicted octanol–water partition coefficient (Wildman–Crippen LogP) is 3.90. The number of piperidine rings is 1. The van der Waals surface area contributed by atoms with Crippen LogP contribution in [0.2, 0.25) is 0 Å². The van der Waals surface area contributed by atoms with E-state index < -0.39 is 0 Å². The molecule has 0 saturated carbocycles. The Morgan fingerprint density at radius 1 is 1.29 bits per heavy atom. The van der Waals surface area contributed by atoms with Gasteiger partial charge in [0.25, 0.3) is 0 Å². The maximum Gasteiger partial charge on any atom is 0.121 e. The maximum absolute atomic E-state index is 5.92. The van der Waals surface area contributed by atoms with Crippen molar-refractivity contribution in [2.24, 2.45) is 0 Å². The fraction of sp³-hybridized carbons (Fsp3) is 0.667. The molecule has 3 atom stereocenters. The largest absolute Gasteiger partial charge is 0.491 e. The van der Waals surface area contributed by atoms with Crippen molar-refractivity contribution in [2.75, 3.05) is 18.4 Å². The zero-order valence-corrected chi connectivity index (χ0v) is 13.3. The van der Waals surface area contributed by atoms with Crippen molar-refractivity contribution < 1.29 is 4.74 Å². The third kappa shape index (κ3) is 3.52. The lowest BCUT2D eigenvalue weighted by Gasteiger charge is -2.33. The average molecular weight is 288 g/mol. The summed E-state index contributed by atoms with van der Waals surface area (Å²) in [6, 6.07) is 9.79. The van der Waals surface area contributed by atoms with Crippen LogP contribution in [0, 0.1) is 0 Å². The van der Waals surface area contributed by atoms with E-state index in [4.69, 9.17) is 4.74 Å². The zero-order chi connectivity index (χ0) is 14.7. The minimum Gasteiger partial charge on any atom is -0.491 e. The highest BCUT2D eigenvalue weighted by Crippen LogP contribution is 2.30. The molecule has 1 aromatic carbocycles. The summed E-state index contributed by atoms with van der Waals surface area (Å²) in [5.74, 6) is 0.979. The molecule has 2 saturated heterocycles. The number of nitrogens with zero attached hydrogens (tertiary/aromatic N) is 1. The molecule has 2 heterocycles. The fourth-order valence-electron chi connectivity index (χ4n) is 3.60. The number of anilines is 1. The molecule has 0 aliphatic carbocycles. The van der Waals surface area contributed by atoms with E-state index in [0.717, 1.165) is 18.2 Å². The van der Waals surface area contributed by atoms with Crippen molar-refractivity contribution in [2.45, 2.75) is 64.1 Å². The number of nitrogens with one attached hydrogen (secondary N) is 1. The van der Waals surface area contributed by atoms with Crippen LogP contribution >= 0.6 is 0 Å². The van der Waals surface area contributed by atoms with Gasteiger partial charge in [-0.25, -0.2) is 0 Å². The molecule has 3 rings (SSSR count). The van der Waals surface area contributed by atoms with Crippen LogP contribution in [-0.2, 0) is 0 Å². The van der Waals surface area contributed by atoms with Gasteiger partial charge in [0.15, 0.2) is 0 Å². The Bertz CT molecular complexity index is 462. The van der Waals surface area contributed by atoms with E-state index in [-0.39, 0.29) is 6.10 Å². The molecule has 0 bridgehead atoms. The van der Waals surface area contributed by atoms with Gasteiger partial charge in [0.1, 0.15) is 5.75 Å². The van der Waals surface area contributed by atoms with Crippen LogP contribution in [0.4, 0.5) is 5.69 Å². The highest BCUT2D eigenvalue weighted by atomic mass is 16.5. The van der Waals surface area contributed by atoms with E-state index in [2.05, 4.69) is 48.3 Å². The van der Waals surface area contributed by atoms with Gasteiger partial charge in [0, 0.05) is 30.4 Å². The van der Waals surface area contributed by atoms with Crippen LogP contribution in [0.5, 0.6) is 5.75 Å². The molecule has 2 aliphatic rings. The summed E-state index contributed by atoms with van der Waals surface area (Å²) in [7, 11) is 0. The van der Waals surface area contributed by atoms with Crippen LogP contribution in [0.25, 0.3) is 0 Å². The highest BCUT2D eigenvalue weighted by Gasteiger charge is 2.35. The second kappa shape index (κ2) is 6.69. The smallest absolute Gasteiger partial charge is 0.121 e. The Balaban J connectivity index is 1.63. The molecule has 21 heavy (non-hydrogen) atoms. The maximum atomic E-state index is 5.92. The highest BCUT2D eigenvalue weighted by molar-refractivity contribution is 5.49. The van der Waals surface area contributed by atoms with Crippen LogP contribution in [0.1, 0.15) is 46.0 Å². The van der Waals surface area contributed by atoms with Crippen LogP contribution in [0.3, 0.4) is 0 Å². The molecule has 1 N–H and O–H groups in total. The fourth-order valence-corrected chi connectivity index (χ4v) is 3.60. The Kier molecular flexibility index (Phi) is 4.69. The van der Waals surface area contributed by atoms with Gasteiger partial charge in [-0.1, -0.05) is 19.4 Å². The van der Waals surface area contributed by atoms with Crippen molar-refractivity contribution in [1.29, 1.82) is 0 Å². The molecular weight excluding hydrogens is 260 g/mol. The first-order chi connectivity index (χ1) is 10.3. The third-order valence-electron chi connectivity index (χ3n) is 4.95. The summed E-state index contributed by atoms with van der Waals surface area (Å²) < 4.78 is 5.92. The van der Waals surface area contributed by atoms with E-state index in [1.807, 2.05) is 0 Å². The minimum atomic E-state index is 0.278. The molecule has 3 nitrogen and oxygen atoms in total. The zero-order valence-electron chi connectivity index (χ0n) is 13.3. The summed E-state index contributed by atoms with van der Waals surface area (Å²) in [6.45, 7) is 6.82. The molecule has 116 valence electrons. The van der Waals surface area contributed by atoms with Gasteiger partial charge in [-0.3, -0.25) is 4.90 Å². The van der Waals surface area contributed by atoms with Crippen LogP contribution in [0.15, 0.2) is 24.3 Å². The third-order valence-corrected chi connectivity index (χ3v) is 4.95. The van der Waals surface area contributed by atoms with Gasteiger partial charge < -0.3 is 10.1 Å². The Morgan fingerprint density at radius 3 is 3.05 bits per heavy atom. The summed E-state index contributed by atoms with van der Waals surface area (Å²) in [4.78, 5) is 2.67. The molecule has 2 fully saturated rings. The van der Waals surface area contributed by atoms with Crippen molar-refractivity contribution >= 4 is 5.69 Å². The number of fused-ring (bicyclic) bond motifs is 1. The molecule has 0 amide bonds. The lowest BCUT2D eigenvalue weighted by molar-refractivity contribution is 0.192. The van der Waals surface area contributed by atoms with Crippen LogP contribution in [-0.4, -0.2) is 36.2 Å². The van der Waals surface area contributed by atoms with Gasteiger partial charge in [0.05, 0.1) is 6.10 Å². The quantitative estimate of drug-likeness (QED) is 0.889. The molecule has 1 aromatic rings. The first kappa shape index (κ1) is 14.7. The Morgan fingerprint density at radius 2 is 2.19 bits per heavy atom. The predicted molar refractivity (Wildman–Crippen MR) is 88.1 cm³/mol. The van der Waals surface area contributed by atoms with Gasteiger partial charge in [-0.05, 0) is 51.3 Å². The van der Waals surface area contributed by atoms with Gasteiger partial charge in [-0.15, -0.1) is 0 Å². The van der Waals surface area contributed by atoms with Crippen molar-refractivity contribution in [3.63, 3.8) is 0 Å². The molecular formula is C18H28N2O. The van der Waals surface area contributed by atoms with Crippen molar-refractivity contribution in [3.8, 4) is 5.75 Å². The first-order valence-corrected chi connectivity index (χ1v) is 8.53. The van der Waals surface area contributed by atoms with E-state index in [9.17, 15) is 0 Å². The SMILES string of the molecule is CCC(C)Oc1cccc(NC2CCN3CCCCC23)c1. The number of ether oxygens (including phenoxy) is 1. The molecule has 3 heteroatoms. The lowest BCUT2D eigenvalue weighted by atomic mass is 9.99. The number of benzene rings is 1. The lowest BCUT2D eigenvalue weighted by Crippen LogP contribution is -2.41. The summed E-state index contributed by atoms with van der Waals surface area (Å²) >= 11 is 0. The van der Waals surface area contributed by atoms with Crippen molar-refractivity contribution in [3.05, 3.63) is 24.3 Å². The number of rotatable bonds is 5. The van der Waals surface area contributed by atoms with Crippen LogP contribution < -0.4 is 10.1 Å². The van der Waals surface area contributed by atoms with E-state index >= 15 is 0 Å². The molecule has 0 radical (unpaired) electrons. The monoisotopic (exact) mass is 288 g/mol. The first-order valence-electron chi connectivity index (χ1n) is 8.53. The normalized spacial score (nSPS) is 27.1. The van der Waals surface area contributed by atoms with E-state index in [1.165, 1.54) is 44.5 Å².